The number of aliphatic carboxylic acids is 1. The Morgan fingerprint density at radius 1 is 1.00 bits per heavy atom. The van der Waals surface area contributed by atoms with E-state index >= 15 is 0 Å². The first-order valence-corrected chi connectivity index (χ1v) is 6.69. The zero-order valence-electron chi connectivity index (χ0n) is 11.8. The first-order chi connectivity index (χ1) is 8.51. The standard InChI is InChI=1S/C13H26N2O3/c1-4-6-8-15(9-7-5-2)12(16)10-14(3)11-13(17)18/h4-11H2,1-3H3,(H,17,18). The van der Waals surface area contributed by atoms with Crippen LogP contribution >= 0.6 is 0 Å². The number of unbranched alkanes of at least 4 members (excludes halogenated alkanes) is 2. The van der Waals surface area contributed by atoms with Gasteiger partial charge in [0.15, 0.2) is 0 Å². The lowest BCUT2D eigenvalue weighted by molar-refractivity contribution is -0.139. The van der Waals surface area contributed by atoms with Gasteiger partial charge in [-0.25, -0.2) is 0 Å². The van der Waals surface area contributed by atoms with E-state index in [-0.39, 0.29) is 19.0 Å². The molecular weight excluding hydrogens is 232 g/mol. The first-order valence-electron chi connectivity index (χ1n) is 6.69. The highest BCUT2D eigenvalue weighted by Crippen LogP contribution is 2.01. The predicted molar refractivity (Wildman–Crippen MR) is 71.5 cm³/mol. The highest BCUT2D eigenvalue weighted by atomic mass is 16.4. The number of rotatable bonds is 10. The van der Waals surface area contributed by atoms with E-state index in [1.54, 1.807) is 7.05 Å². The molecule has 0 saturated carbocycles. The summed E-state index contributed by atoms with van der Waals surface area (Å²) in [6.45, 7) is 5.82. The molecule has 0 aromatic heterocycles. The monoisotopic (exact) mass is 258 g/mol. The van der Waals surface area contributed by atoms with Gasteiger partial charge in [-0.2, -0.15) is 0 Å². The van der Waals surface area contributed by atoms with Gasteiger partial charge in [-0.3, -0.25) is 14.5 Å². The van der Waals surface area contributed by atoms with Gasteiger partial charge in [-0.15, -0.1) is 0 Å². The van der Waals surface area contributed by atoms with Gasteiger partial charge in [0.05, 0.1) is 13.1 Å². The van der Waals surface area contributed by atoms with Gasteiger partial charge in [-0.1, -0.05) is 26.7 Å². The van der Waals surface area contributed by atoms with Crippen LogP contribution in [0.25, 0.3) is 0 Å². The molecule has 0 radical (unpaired) electrons. The fourth-order valence-electron chi connectivity index (χ4n) is 1.68. The SMILES string of the molecule is CCCCN(CCCC)C(=O)CN(C)CC(=O)O. The van der Waals surface area contributed by atoms with Gasteiger partial charge in [-0.05, 0) is 19.9 Å². The molecule has 0 atom stereocenters. The Morgan fingerprint density at radius 3 is 1.89 bits per heavy atom. The molecule has 0 spiro atoms. The van der Waals surface area contributed by atoms with E-state index in [1.807, 2.05) is 4.90 Å². The van der Waals surface area contributed by atoms with Crippen molar-refractivity contribution in [1.29, 1.82) is 0 Å². The maximum Gasteiger partial charge on any atom is 0.317 e. The van der Waals surface area contributed by atoms with E-state index in [0.717, 1.165) is 38.8 Å². The van der Waals surface area contributed by atoms with Gasteiger partial charge < -0.3 is 10.0 Å². The molecule has 18 heavy (non-hydrogen) atoms. The highest BCUT2D eigenvalue weighted by Gasteiger charge is 2.15. The second-order valence-electron chi connectivity index (χ2n) is 4.65. The van der Waals surface area contributed by atoms with Crippen LogP contribution in [0.5, 0.6) is 0 Å². The average molecular weight is 258 g/mol. The third-order valence-corrected chi connectivity index (χ3v) is 2.73. The third-order valence-electron chi connectivity index (χ3n) is 2.73. The van der Waals surface area contributed by atoms with Crippen molar-refractivity contribution in [3.63, 3.8) is 0 Å². The quantitative estimate of drug-likeness (QED) is 0.644. The molecule has 1 amide bonds. The van der Waals surface area contributed by atoms with Crippen molar-refractivity contribution < 1.29 is 14.7 Å². The summed E-state index contributed by atoms with van der Waals surface area (Å²) in [6, 6.07) is 0. The number of carboxylic acid groups (broad SMARTS) is 1. The van der Waals surface area contributed by atoms with Gasteiger partial charge in [0.2, 0.25) is 5.91 Å². The molecule has 0 aliphatic carbocycles. The van der Waals surface area contributed by atoms with E-state index in [4.69, 9.17) is 5.11 Å². The van der Waals surface area contributed by atoms with Crippen molar-refractivity contribution >= 4 is 11.9 Å². The molecule has 1 N–H and O–H groups in total. The molecule has 0 aliphatic heterocycles. The summed E-state index contributed by atoms with van der Waals surface area (Å²) in [4.78, 5) is 26.0. The predicted octanol–water partition coefficient (Wildman–Crippen LogP) is 1.43. The number of hydrogen-bond donors (Lipinski definition) is 1. The van der Waals surface area contributed by atoms with E-state index in [2.05, 4.69) is 13.8 Å². The van der Waals surface area contributed by atoms with Crippen LogP contribution in [0.3, 0.4) is 0 Å². The fraction of sp³-hybridized carbons (Fsp3) is 0.846. The van der Waals surface area contributed by atoms with Crippen LogP contribution in [0.4, 0.5) is 0 Å². The van der Waals surface area contributed by atoms with Gasteiger partial charge in [0, 0.05) is 13.1 Å². The number of carbonyl (C=O) groups excluding carboxylic acids is 1. The number of nitrogens with zero attached hydrogens (tertiary/aromatic N) is 2. The zero-order valence-corrected chi connectivity index (χ0v) is 11.8. The van der Waals surface area contributed by atoms with Crippen LogP contribution in [0.2, 0.25) is 0 Å². The lowest BCUT2D eigenvalue weighted by Gasteiger charge is -2.24. The Morgan fingerprint density at radius 2 is 1.50 bits per heavy atom. The van der Waals surface area contributed by atoms with Gasteiger partial charge >= 0.3 is 5.97 Å². The molecular formula is C13H26N2O3. The molecule has 0 bridgehead atoms. The van der Waals surface area contributed by atoms with Gasteiger partial charge in [0.25, 0.3) is 0 Å². The molecule has 0 aliphatic rings. The second-order valence-corrected chi connectivity index (χ2v) is 4.65. The smallest absolute Gasteiger partial charge is 0.317 e. The van der Waals surface area contributed by atoms with Gasteiger partial charge in [0.1, 0.15) is 0 Å². The molecule has 5 heteroatoms. The Hall–Kier alpha value is -1.10. The molecule has 0 saturated heterocycles. The van der Waals surface area contributed by atoms with Crippen molar-refractivity contribution in [3.8, 4) is 0 Å². The summed E-state index contributed by atoms with van der Waals surface area (Å²) in [6.07, 6.45) is 4.11. The summed E-state index contributed by atoms with van der Waals surface area (Å²) < 4.78 is 0. The van der Waals surface area contributed by atoms with Crippen molar-refractivity contribution in [2.24, 2.45) is 0 Å². The minimum Gasteiger partial charge on any atom is -0.480 e. The molecule has 0 rings (SSSR count). The van der Waals surface area contributed by atoms with Crippen LogP contribution in [0.1, 0.15) is 39.5 Å². The van der Waals surface area contributed by atoms with Crippen molar-refractivity contribution in [1.82, 2.24) is 9.80 Å². The fourth-order valence-corrected chi connectivity index (χ4v) is 1.68. The highest BCUT2D eigenvalue weighted by molar-refractivity contribution is 5.79. The van der Waals surface area contributed by atoms with Crippen LogP contribution in [-0.4, -0.2) is 60.0 Å². The zero-order chi connectivity index (χ0) is 14.0. The summed E-state index contributed by atoms with van der Waals surface area (Å²) in [5.74, 6) is -0.875. The molecule has 0 fully saturated rings. The van der Waals surface area contributed by atoms with Crippen molar-refractivity contribution in [2.75, 3.05) is 33.2 Å². The summed E-state index contributed by atoms with van der Waals surface area (Å²) in [7, 11) is 1.66. The van der Waals surface area contributed by atoms with E-state index in [1.165, 1.54) is 4.90 Å². The molecule has 0 heterocycles. The Kier molecular flexibility index (Phi) is 9.28. The number of carboxylic acids is 1. The lowest BCUT2D eigenvalue weighted by atomic mass is 10.2. The van der Waals surface area contributed by atoms with Crippen LogP contribution in [0.15, 0.2) is 0 Å². The average Bonchev–Trinajstić information content (AvgIpc) is 2.27. The number of likely N-dealkylation sites (N-methyl/N-ethyl adjacent to an activating group) is 1. The number of hydrogen-bond acceptors (Lipinski definition) is 3. The number of amides is 1. The lowest BCUT2D eigenvalue weighted by Crippen LogP contribution is -2.41. The second kappa shape index (κ2) is 9.88. The topological polar surface area (TPSA) is 60.9 Å². The van der Waals surface area contributed by atoms with Crippen molar-refractivity contribution in [2.45, 2.75) is 39.5 Å². The largest absolute Gasteiger partial charge is 0.480 e. The van der Waals surface area contributed by atoms with Crippen molar-refractivity contribution in [3.05, 3.63) is 0 Å². The summed E-state index contributed by atoms with van der Waals surface area (Å²) >= 11 is 0. The summed E-state index contributed by atoms with van der Waals surface area (Å²) in [5.41, 5.74) is 0. The minimum absolute atomic E-state index is 0.0284. The third kappa shape index (κ3) is 8.06. The molecule has 5 nitrogen and oxygen atoms in total. The molecule has 0 aromatic rings. The summed E-state index contributed by atoms with van der Waals surface area (Å²) in [5, 5.41) is 8.65. The Bertz CT molecular complexity index is 249. The van der Waals surface area contributed by atoms with E-state index < -0.39 is 5.97 Å². The van der Waals surface area contributed by atoms with Crippen LogP contribution in [-0.2, 0) is 9.59 Å². The first kappa shape index (κ1) is 16.9. The van der Waals surface area contributed by atoms with Crippen LogP contribution in [0, 0.1) is 0 Å². The van der Waals surface area contributed by atoms with E-state index in [0.29, 0.717) is 0 Å². The Balaban J connectivity index is 4.21. The molecule has 0 unspecified atom stereocenters. The number of carbonyl (C=O) groups is 2. The van der Waals surface area contributed by atoms with Crippen LogP contribution < -0.4 is 0 Å². The normalized spacial score (nSPS) is 10.7. The molecule has 0 aromatic carbocycles. The Labute approximate surface area is 110 Å². The van der Waals surface area contributed by atoms with E-state index in [9.17, 15) is 9.59 Å². The maximum atomic E-state index is 12.0. The minimum atomic E-state index is -0.904. The maximum absolute atomic E-state index is 12.0. The molecule has 106 valence electrons.